The zero-order chi connectivity index (χ0) is 13.3. The maximum atomic E-state index is 12.1. The Labute approximate surface area is 113 Å². The van der Waals surface area contributed by atoms with Gasteiger partial charge < -0.3 is 10.0 Å². The summed E-state index contributed by atoms with van der Waals surface area (Å²) >= 11 is 11.4. The van der Waals surface area contributed by atoms with Crippen molar-refractivity contribution in [1.29, 1.82) is 0 Å². The van der Waals surface area contributed by atoms with Gasteiger partial charge in [-0.15, -0.1) is 0 Å². The van der Waals surface area contributed by atoms with Crippen LogP contribution in [0.1, 0.15) is 23.2 Å². The molecule has 18 heavy (non-hydrogen) atoms. The Morgan fingerprint density at radius 1 is 1.44 bits per heavy atom. The lowest BCUT2D eigenvalue weighted by atomic mass is 10.2. The van der Waals surface area contributed by atoms with Gasteiger partial charge >= 0.3 is 5.97 Å². The topological polar surface area (TPSA) is 70.5 Å². The van der Waals surface area contributed by atoms with Gasteiger partial charge in [-0.1, -0.05) is 23.2 Å². The van der Waals surface area contributed by atoms with Crippen LogP contribution in [0.2, 0.25) is 10.2 Å². The number of halogens is 2. The molecule has 1 saturated heterocycles. The van der Waals surface area contributed by atoms with E-state index in [0.717, 1.165) is 0 Å². The number of aromatic nitrogens is 1. The van der Waals surface area contributed by atoms with Gasteiger partial charge in [-0.2, -0.15) is 0 Å². The molecule has 96 valence electrons. The monoisotopic (exact) mass is 288 g/mol. The highest BCUT2D eigenvalue weighted by atomic mass is 35.5. The molecule has 1 aliphatic heterocycles. The molecule has 0 radical (unpaired) electrons. The maximum Gasteiger partial charge on any atom is 0.326 e. The van der Waals surface area contributed by atoms with Crippen molar-refractivity contribution < 1.29 is 14.7 Å². The summed E-state index contributed by atoms with van der Waals surface area (Å²) in [4.78, 5) is 28.3. The van der Waals surface area contributed by atoms with Gasteiger partial charge in [0.1, 0.15) is 11.2 Å². The molecule has 0 bridgehead atoms. The number of amides is 1. The highest BCUT2D eigenvalue weighted by Crippen LogP contribution is 2.24. The van der Waals surface area contributed by atoms with Crippen molar-refractivity contribution in [3.05, 3.63) is 28.0 Å². The summed E-state index contributed by atoms with van der Waals surface area (Å²) in [5.41, 5.74) is 0.248. The molecule has 1 unspecified atom stereocenters. The van der Waals surface area contributed by atoms with Crippen LogP contribution in [0.15, 0.2) is 12.3 Å². The first-order valence-electron chi connectivity index (χ1n) is 5.35. The van der Waals surface area contributed by atoms with Gasteiger partial charge in [0.25, 0.3) is 5.91 Å². The number of carbonyl (C=O) groups excluding carboxylic acids is 1. The second-order valence-corrected chi connectivity index (χ2v) is 4.76. The number of carbonyl (C=O) groups is 2. The van der Waals surface area contributed by atoms with Crippen LogP contribution in [0.5, 0.6) is 0 Å². The van der Waals surface area contributed by atoms with E-state index in [-0.39, 0.29) is 21.6 Å². The number of likely N-dealkylation sites (tertiary alicyclic amines) is 1. The molecule has 1 amide bonds. The molecule has 0 aromatic carbocycles. The Morgan fingerprint density at radius 2 is 2.17 bits per heavy atom. The second kappa shape index (κ2) is 5.12. The fourth-order valence-electron chi connectivity index (χ4n) is 1.97. The quantitative estimate of drug-likeness (QED) is 0.846. The zero-order valence-electron chi connectivity index (χ0n) is 9.27. The molecule has 1 fully saturated rings. The first kappa shape index (κ1) is 13.1. The van der Waals surface area contributed by atoms with Crippen LogP contribution in [-0.2, 0) is 4.79 Å². The minimum atomic E-state index is -0.992. The average Bonchev–Trinajstić information content (AvgIpc) is 2.81. The van der Waals surface area contributed by atoms with Crippen LogP contribution >= 0.6 is 23.2 Å². The van der Waals surface area contributed by atoms with E-state index in [1.807, 2.05) is 0 Å². The first-order chi connectivity index (χ1) is 8.50. The molecule has 0 aliphatic carbocycles. The van der Waals surface area contributed by atoms with Crippen molar-refractivity contribution >= 4 is 35.1 Å². The third-order valence-corrected chi connectivity index (χ3v) is 3.53. The smallest absolute Gasteiger partial charge is 0.326 e. The number of nitrogens with zero attached hydrogens (tertiary/aromatic N) is 2. The van der Waals surface area contributed by atoms with Crippen molar-refractivity contribution in [2.24, 2.45) is 0 Å². The van der Waals surface area contributed by atoms with Gasteiger partial charge in [-0.05, 0) is 18.9 Å². The first-order valence-corrected chi connectivity index (χ1v) is 6.11. The van der Waals surface area contributed by atoms with Gasteiger partial charge in [0, 0.05) is 12.7 Å². The molecular formula is C11H10Cl2N2O3. The highest BCUT2D eigenvalue weighted by Gasteiger charge is 2.34. The number of hydrogen-bond donors (Lipinski definition) is 1. The lowest BCUT2D eigenvalue weighted by Gasteiger charge is -2.21. The van der Waals surface area contributed by atoms with E-state index in [4.69, 9.17) is 28.3 Å². The summed E-state index contributed by atoms with van der Waals surface area (Å²) in [6.07, 6.45) is 2.45. The summed E-state index contributed by atoms with van der Waals surface area (Å²) in [5, 5.41) is 9.31. The summed E-state index contributed by atoms with van der Waals surface area (Å²) in [7, 11) is 0. The van der Waals surface area contributed by atoms with E-state index in [1.54, 1.807) is 0 Å². The van der Waals surface area contributed by atoms with Gasteiger partial charge in [0.05, 0.1) is 10.6 Å². The Bertz CT molecular complexity index is 507. The van der Waals surface area contributed by atoms with Gasteiger partial charge in [0.15, 0.2) is 0 Å². The predicted octanol–water partition coefficient (Wildman–Crippen LogP) is 2.08. The molecule has 7 heteroatoms. The standard InChI is InChI=1S/C11H10Cl2N2O3/c12-7-4-6(5-14-9(7)13)10(16)15-3-1-2-8(15)11(17)18/h4-5,8H,1-3H2,(H,17,18). The number of hydrogen-bond acceptors (Lipinski definition) is 3. The van der Waals surface area contributed by atoms with Crippen molar-refractivity contribution in [2.45, 2.75) is 18.9 Å². The third kappa shape index (κ3) is 2.42. The summed E-state index contributed by atoms with van der Waals surface area (Å²) in [6.45, 7) is 0.427. The van der Waals surface area contributed by atoms with E-state index in [9.17, 15) is 9.59 Å². The maximum absolute atomic E-state index is 12.1. The summed E-state index contributed by atoms with van der Waals surface area (Å²) in [6, 6.07) is 0.628. The molecule has 0 spiro atoms. The molecule has 5 nitrogen and oxygen atoms in total. The molecule has 1 aliphatic rings. The van der Waals surface area contributed by atoms with Gasteiger partial charge in [-0.3, -0.25) is 4.79 Å². The van der Waals surface area contributed by atoms with Gasteiger partial charge in [-0.25, -0.2) is 9.78 Å². The zero-order valence-corrected chi connectivity index (χ0v) is 10.8. The van der Waals surface area contributed by atoms with Crippen molar-refractivity contribution in [2.75, 3.05) is 6.54 Å². The van der Waals surface area contributed by atoms with E-state index in [0.29, 0.717) is 19.4 Å². The van der Waals surface area contributed by atoms with Crippen LogP contribution in [0.4, 0.5) is 0 Å². The Hall–Kier alpha value is -1.33. The minimum Gasteiger partial charge on any atom is -0.480 e. The van der Waals surface area contributed by atoms with Crippen molar-refractivity contribution in [3.63, 3.8) is 0 Å². The predicted molar refractivity (Wildman–Crippen MR) is 66.0 cm³/mol. The van der Waals surface area contributed by atoms with E-state index in [2.05, 4.69) is 4.98 Å². The average molecular weight is 289 g/mol. The molecule has 1 atom stereocenters. The highest BCUT2D eigenvalue weighted by molar-refractivity contribution is 6.41. The van der Waals surface area contributed by atoms with Crippen LogP contribution in [-0.4, -0.2) is 39.5 Å². The molecule has 1 aromatic heterocycles. The van der Waals surface area contributed by atoms with E-state index >= 15 is 0 Å². The molecular weight excluding hydrogens is 279 g/mol. The largest absolute Gasteiger partial charge is 0.480 e. The molecule has 1 aromatic rings. The number of carboxylic acid groups (broad SMARTS) is 1. The molecule has 2 heterocycles. The van der Waals surface area contributed by atoms with Crippen LogP contribution in [0.25, 0.3) is 0 Å². The summed E-state index contributed by atoms with van der Waals surface area (Å²) < 4.78 is 0. The van der Waals surface area contributed by atoms with E-state index in [1.165, 1.54) is 17.2 Å². The number of aliphatic carboxylic acids is 1. The lowest BCUT2D eigenvalue weighted by molar-refractivity contribution is -0.141. The fourth-order valence-corrected chi connectivity index (χ4v) is 2.24. The van der Waals surface area contributed by atoms with Crippen LogP contribution < -0.4 is 0 Å². The van der Waals surface area contributed by atoms with Crippen LogP contribution in [0.3, 0.4) is 0 Å². The Morgan fingerprint density at radius 3 is 2.78 bits per heavy atom. The minimum absolute atomic E-state index is 0.115. The second-order valence-electron chi connectivity index (χ2n) is 3.99. The molecule has 0 saturated carbocycles. The van der Waals surface area contributed by atoms with Crippen molar-refractivity contribution in [1.82, 2.24) is 9.88 Å². The summed E-state index contributed by atoms with van der Waals surface area (Å²) in [5.74, 6) is -1.38. The molecule has 1 N–H and O–H groups in total. The fraction of sp³-hybridized carbons (Fsp3) is 0.364. The number of rotatable bonds is 2. The number of carboxylic acids is 1. The van der Waals surface area contributed by atoms with E-state index < -0.39 is 12.0 Å². The van der Waals surface area contributed by atoms with Crippen LogP contribution in [0, 0.1) is 0 Å². The Kier molecular flexibility index (Phi) is 3.73. The third-order valence-electron chi connectivity index (χ3n) is 2.84. The molecule has 2 rings (SSSR count). The lowest BCUT2D eigenvalue weighted by Crippen LogP contribution is -2.40. The Balaban J connectivity index is 2.25. The van der Waals surface area contributed by atoms with Gasteiger partial charge in [0.2, 0.25) is 0 Å². The SMILES string of the molecule is O=C(O)C1CCCN1C(=O)c1cnc(Cl)c(Cl)c1. The van der Waals surface area contributed by atoms with Crippen molar-refractivity contribution in [3.8, 4) is 0 Å². The number of pyridine rings is 1. The normalized spacial score (nSPS) is 19.0.